The van der Waals surface area contributed by atoms with E-state index in [1.165, 1.54) is 0 Å². The average Bonchev–Trinajstić information content (AvgIpc) is 2.43. The van der Waals surface area contributed by atoms with Crippen molar-refractivity contribution in [1.82, 2.24) is 4.90 Å². The number of Topliss-reactive ketones (excluding diaryl/α,β-unsaturated/α-hetero) is 1. The molecule has 4 nitrogen and oxygen atoms in total. The lowest BCUT2D eigenvalue weighted by atomic mass is 9.70. The molecule has 1 aliphatic carbocycles. The number of hydrogen-bond donors (Lipinski definition) is 1. The van der Waals surface area contributed by atoms with E-state index in [4.69, 9.17) is 4.74 Å². The lowest BCUT2D eigenvalue weighted by Gasteiger charge is -2.40. The summed E-state index contributed by atoms with van der Waals surface area (Å²) in [6, 6.07) is 7.42. The topological polar surface area (TPSA) is 49.8 Å². The van der Waals surface area contributed by atoms with Crippen LogP contribution in [-0.2, 0) is 10.4 Å². The fourth-order valence-electron chi connectivity index (χ4n) is 3.00. The second-order valence-corrected chi connectivity index (χ2v) is 5.79. The summed E-state index contributed by atoms with van der Waals surface area (Å²) in [6.07, 6.45) is 1.91. The summed E-state index contributed by atoms with van der Waals surface area (Å²) in [4.78, 5) is 14.2. The van der Waals surface area contributed by atoms with Crippen molar-refractivity contribution in [3.63, 3.8) is 0 Å². The van der Waals surface area contributed by atoms with E-state index in [2.05, 4.69) is 0 Å². The number of hydrogen-bond acceptors (Lipinski definition) is 4. The lowest BCUT2D eigenvalue weighted by molar-refractivity contribution is -0.141. The minimum absolute atomic E-state index is 0.148. The van der Waals surface area contributed by atoms with Gasteiger partial charge in [0.05, 0.1) is 13.0 Å². The van der Waals surface area contributed by atoms with Crippen molar-refractivity contribution in [2.24, 2.45) is 5.92 Å². The Morgan fingerprint density at radius 1 is 1.45 bits per heavy atom. The Morgan fingerprint density at radius 3 is 2.85 bits per heavy atom. The molecule has 20 heavy (non-hydrogen) atoms. The molecule has 1 N–H and O–H groups in total. The molecular formula is C16H23NO3. The molecular weight excluding hydrogens is 254 g/mol. The van der Waals surface area contributed by atoms with Crippen molar-refractivity contribution in [1.29, 1.82) is 0 Å². The van der Waals surface area contributed by atoms with E-state index in [1.54, 1.807) is 7.11 Å². The zero-order chi connectivity index (χ0) is 14.8. The Hall–Kier alpha value is -1.39. The molecule has 4 heteroatoms. The minimum atomic E-state index is -1.09. The predicted molar refractivity (Wildman–Crippen MR) is 77.8 cm³/mol. The number of nitrogens with zero attached hydrogens (tertiary/aromatic N) is 1. The summed E-state index contributed by atoms with van der Waals surface area (Å²) in [5.74, 6) is 0.478. The zero-order valence-corrected chi connectivity index (χ0v) is 12.4. The number of carbonyl (C=O) groups is 1. The summed E-state index contributed by atoms with van der Waals surface area (Å²) < 4.78 is 5.23. The maximum absolute atomic E-state index is 12.3. The molecule has 2 atom stereocenters. The third kappa shape index (κ3) is 2.86. The molecule has 1 aliphatic rings. The first-order valence-electron chi connectivity index (χ1n) is 7.01. The molecule has 0 radical (unpaired) electrons. The molecule has 2 rings (SSSR count). The van der Waals surface area contributed by atoms with Gasteiger partial charge in [-0.25, -0.2) is 0 Å². The van der Waals surface area contributed by atoms with E-state index in [-0.39, 0.29) is 11.7 Å². The number of methoxy groups -OCH3 is 1. The Balaban J connectivity index is 2.39. The number of benzene rings is 1. The van der Waals surface area contributed by atoms with Crippen LogP contribution in [0.4, 0.5) is 0 Å². The normalized spacial score (nSPS) is 26.9. The molecule has 0 spiro atoms. The van der Waals surface area contributed by atoms with E-state index in [0.29, 0.717) is 25.1 Å². The molecule has 0 saturated heterocycles. The van der Waals surface area contributed by atoms with Gasteiger partial charge in [0.2, 0.25) is 0 Å². The van der Waals surface area contributed by atoms with Crippen molar-refractivity contribution < 1.29 is 14.6 Å². The Morgan fingerprint density at radius 2 is 2.20 bits per heavy atom. The molecule has 0 aliphatic heterocycles. The first-order chi connectivity index (χ1) is 9.47. The Bertz CT molecular complexity index is 486. The first kappa shape index (κ1) is 15.0. The van der Waals surface area contributed by atoms with E-state index in [9.17, 15) is 9.90 Å². The van der Waals surface area contributed by atoms with Gasteiger partial charge < -0.3 is 14.7 Å². The van der Waals surface area contributed by atoms with Crippen LogP contribution in [0.3, 0.4) is 0 Å². The third-order valence-electron chi connectivity index (χ3n) is 4.06. The molecule has 0 heterocycles. The standard InChI is InChI=1S/C16H23NO3/c1-17(2)11-14-15(18)8-5-9-16(14,19)12-6-4-7-13(10-12)20-3/h4,6-7,10,14,19H,5,8-9,11H2,1-3H3. The second-order valence-electron chi connectivity index (χ2n) is 5.79. The largest absolute Gasteiger partial charge is 0.497 e. The number of ketones is 1. The van der Waals surface area contributed by atoms with Crippen LogP contribution in [0.2, 0.25) is 0 Å². The highest BCUT2D eigenvalue weighted by molar-refractivity contribution is 5.83. The SMILES string of the molecule is COc1cccc(C2(O)CCCC(=O)C2CN(C)C)c1. The lowest BCUT2D eigenvalue weighted by Crippen LogP contribution is -2.47. The van der Waals surface area contributed by atoms with Gasteiger partial charge in [-0.15, -0.1) is 0 Å². The van der Waals surface area contributed by atoms with Crippen LogP contribution in [0.1, 0.15) is 24.8 Å². The van der Waals surface area contributed by atoms with Gasteiger partial charge in [-0.2, -0.15) is 0 Å². The average molecular weight is 277 g/mol. The van der Waals surface area contributed by atoms with Gasteiger partial charge in [0, 0.05) is 13.0 Å². The third-order valence-corrected chi connectivity index (χ3v) is 4.06. The maximum atomic E-state index is 12.3. The fraction of sp³-hybridized carbons (Fsp3) is 0.562. The molecule has 1 fully saturated rings. The van der Waals surface area contributed by atoms with Gasteiger partial charge in [-0.05, 0) is 44.6 Å². The van der Waals surface area contributed by atoms with Gasteiger partial charge in [-0.1, -0.05) is 12.1 Å². The van der Waals surface area contributed by atoms with Crippen LogP contribution in [0.5, 0.6) is 5.75 Å². The highest BCUT2D eigenvalue weighted by atomic mass is 16.5. The predicted octanol–water partition coefficient (Wildman–Crippen LogP) is 1.81. The van der Waals surface area contributed by atoms with E-state index in [0.717, 1.165) is 12.0 Å². The van der Waals surface area contributed by atoms with E-state index >= 15 is 0 Å². The van der Waals surface area contributed by atoms with Crippen LogP contribution in [0.15, 0.2) is 24.3 Å². The molecule has 110 valence electrons. The summed E-state index contributed by atoms with van der Waals surface area (Å²) in [7, 11) is 5.45. The van der Waals surface area contributed by atoms with Gasteiger partial charge in [0.15, 0.2) is 0 Å². The van der Waals surface area contributed by atoms with Gasteiger partial charge in [0.1, 0.15) is 17.1 Å². The molecule has 0 amide bonds. The smallest absolute Gasteiger partial charge is 0.140 e. The van der Waals surface area contributed by atoms with Crippen LogP contribution in [0, 0.1) is 5.92 Å². The second kappa shape index (κ2) is 5.94. The fourth-order valence-corrected chi connectivity index (χ4v) is 3.00. The van der Waals surface area contributed by atoms with Crippen LogP contribution in [0.25, 0.3) is 0 Å². The molecule has 0 bridgehead atoms. The van der Waals surface area contributed by atoms with Gasteiger partial charge in [0.25, 0.3) is 0 Å². The number of aliphatic hydroxyl groups is 1. The molecule has 1 aromatic carbocycles. The quantitative estimate of drug-likeness (QED) is 0.912. The molecule has 1 aromatic rings. The first-order valence-corrected chi connectivity index (χ1v) is 7.01. The van der Waals surface area contributed by atoms with Crippen molar-refractivity contribution >= 4 is 5.78 Å². The van der Waals surface area contributed by atoms with Crippen molar-refractivity contribution in [3.8, 4) is 5.75 Å². The van der Waals surface area contributed by atoms with E-state index < -0.39 is 5.60 Å². The monoisotopic (exact) mass is 277 g/mol. The van der Waals surface area contributed by atoms with Crippen molar-refractivity contribution in [3.05, 3.63) is 29.8 Å². The van der Waals surface area contributed by atoms with Gasteiger partial charge >= 0.3 is 0 Å². The van der Waals surface area contributed by atoms with Crippen molar-refractivity contribution in [2.45, 2.75) is 24.9 Å². The summed E-state index contributed by atoms with van der Waals surface area (Å²) >= 11 is 0. The zero-order valence-electron chi connectivity index (χ0n) is 12.4. The van der Waals surface area contributed by atoms with Crippen molar-refractivity contribution in [2.75, 3.05) is 27.7 Å². The van der Waals surface area contributed by atoms with Crippen LogP contribution in [-0.4, -0.2) is 43.5 Å². The Kier molecular flexibility index (Phi) is 4.45. The number of carbonyl (C=O) groups excluding carboxylic acids is 1. The minimum Gasteiger partial charge on any atom is -0.497 e. The molecule has 2 unspecified atom stereocenters. The maximum Gasteiger partial charge on any atom is 0.140 e. The number of rotatable bonds is 4. The van der Waals surface area contributed by atoms with Crippen LogP contribution >= 0.6 is 0 Å². The highest BCUT2D eigenvalue weighted by Crippen LogP contribution is 2.41. The Labute approximate surface area is 120 Å². The molecule has 0 aromatic heterocycles. The summed E-state index contributed by atoms with van der Waals surface area (Å²) in [6.45, 7) is 0.562. The number of ether oxygens (including phenoxy) is 1. The summed E-state index contributed by atoms with van der Waals surface area (Å²) in [5.41, 5.74) is -0.314. The van der Waals surface area contributed by atoms with E-state index in [1.807, 2.05) is 43.3 Å². The molecule has 1 saturated carbocycles. The van der Waals surface area contributed by atoms with Gasteiger partial charge in [-0.3, -0.25) is 4.79 Å². The summed E-state index contributed by atoms with van der Waals surface area (Å²) in [5, 5.41) is 11.1. The highest BCUT2D eigenvalue weighted by Gasteiger charge is 2.45. The van der Waals surface area contributed by atoms with Crippen LogP contribution < -0.4 is 4.74 Å².